The first-order valence-electron chi connectivity index (χ1n) is 9.93. The first kappa shape index (κ1) is 21.7. The zero-order valence-corrected chi connectivity index (χ0v) is 17.1. The van der Waals surface area contributed by atoms with E-state index in [1.54, 1.807) is 29.7 Å². The molecule has 30 heavy (non-hydrogen) atoms. The van der Waals surface area contributed by atoms with Crippen molar-refractivity contribution >= 4 is 11.9 Å². The number of hydroxylamine groups is 1. The van der Waals surface area contributed by atoms with Crippen molar-refractivity contribution in [2.45, 2.75) is 39.0 Å². The lowest BCUT2D eigenvalue weighted by molar-refractivity contribution is 0.0599. The van der Waals surface area contributed by atoms with Crippen LogP contribution in [0, 0.1) is 5.82 Å². The zero-order valence-electron chi connectivity index (χ0n) is 17.1. The maximum Gasteiger partial charge on any atom is 0.318 e. The molecule has 1 saturated heterocycles. The Kier molecular flexibility index (Phi) is 7.02. The van der Waals surface area contributed by atoms with Crippen molar-refractivity contribution < 1.29 is 19.2 Å². The van der Waals surface area contributed by atoms with Crippen molar-refractivity contribution in [3.05, 3.63) is 71.0 Å². The Morgan fingerprint density at radius 2 is 1.73 bits per heavy atom. The van der Waals surface area contributed by atoms with E-state index >= 15 is 0 Å². The maximum absolute atomic E-state index is 13.3. The molecular formula is C22H27FN4O3. The van der Waals surface area contributed by atoms with Crippen molar-refractivity contribution in [1.82, 2.24) is 20.6 Å². The molecule has 2 aromatic rings. The van der Waals surface area contributed by atoms with Gasteiger partial charge in [0.1, 0.15) is 5.82 Å². The Morgan fingerprint density at radius 1 is 1.07 bits per heavy atom. The highest BCUT2D eigenvalue weighted by atomic mass is 19.1. The topological polar surface area (TPSA) is 84.9 Å². The molecule has 1 heterocycles. The summed E-state index contributed by atoms with van der Waals surface area (Å²) in [7, 11) is 0. The van der Waals surface area contributed by atoms with Crippen LogP contribution < -0.4 is 10.8 Å². The fraction of sp³-hybridized carbons (Fsp3) is 0.364. The SMILES string of the molecule is C[C@@H]1CN(Cc2ccc(C(=O)NO)cc2)C[C@H](C)N1C(=O)NCc1cccc(F)c1. The summed E-state index contributed by atoms with van der Waals surface area (Å²) in [4.78, 5) is 28.3. The fourth-order valence-corrected chi connectivity index (χ4v) is 3.96. The number of piperazine rings is 1. The van der Waals surface area contributed by atoms with Crippen LogP contribution in [0.5, 0.6) is 0 Å². The van der Waals surface area contributed by atoms with Gasteiger partial charge in [-0.2, -0.15) is 0 Å². The minimum Gasteiger partial charge on any atom is -0.334 e. The van der Waals surface area contributed by atoms with E-state index in [1.807, 2.05) is 30.9 Å². The molecule has 0 saturated carbocycles. The average Bonchev–Trinajstić information content (AvgIpc) is 2.72. The second kappa shape index (κ2) is 9.69. The highest BCUT2D eigenvalue weighted by Gasteiger charge is 2.32. The molecule has 0 spiro atoms. The van der Waals surface area contributed by atoms with Crippen LogP contribution in [0.2, 0.25) is 0 Å². The Hall–Kier alpha value is -2.97. The summed E-state index contributed by atoms with van der Waals surface area (Å²) in [6.45, 7) is 6.45. The van der Waals surface area contributed by atoms with Crippen LogP contribution >= 0.6 is 0 Å². The van der Waals surface area contributed by atoms with Crippen LogP contribution in [0.3, 0.4) is 0 Å². The van der Waals surface area contributed by atoms with Gasteiger partial charge in [0.15, 0.2) is 0 Å². The van der Waals surface area contributed by atoms with Crippen molar-refractivity contribution in [3.63, 3.8) is 0 Å². The van der Waals surface area contributed by atoms with E-state index in [0.717, 1.165) is 24.2 Å². The number of hydrogen-bond donors (Lipinski definition) is 3. The number of urea groups is 1. The normalized spacial score (nSPS) is 19.4. The van der Waals surface area contributed by atoms with Crippen molar-refractivity contribution in [2.24, 2.45) is 0 Å². The van der Waals surface area contributed by atoms with Crippen molar-refractivity contribution in [3.8, 4) is 0 Å². The molecule has 3 amide bonds. The second-order valence-electron chi connectivity index (χ2n) is 7.73. The molecule has 2 atom stereocenters. The Balaban J connectivity index is 1.55. The standard InChI is InChI=1S/C22H27FN4O3/c1-15-12-26(14-17-6-8-19(9-7-17)21(28)25-30)13-16(2)27(15)22(29)24-11-18-4-3-5-20(23)10-18/h3-10,15-16,30H,11-14H2,1-2H3,(H,24,29)(H,25,28)/t15-,16+. The van der Waals surface area contributed by atoms with Gasteiger partial charge in [-0.1, -0.05) is 24.3 Å². The Labute approximate surface area is 175 Å². The summed E-state index contributed by atoms with van der Waals surface area (Å²) < 4.78 is 13.3. The minimum atomic E-state index is -0.540. The second-order valence-corrected chi connectivity index (χ2v) is 7.73. The van der Waals surface area contributed by atoms with E-state index < -0.39 is 5.91 Å². The van der Waals surface area contributed by atoms with E-state index in [2.05, 4.69) is 10.2 Å². The molecule has 2 aromatic carbocycles. The predicted octanol–water partition coefficient (Wildman–Crippen LogP) is 2.75. The molecule has 0 bridgehead atoms. The van der Waals surface area contributed by atoms with Gasteiger partial charge >= 0.3 is 6.03 Å². The van der Waals surface area contributed by atoms with E-state index in [1.165, 1.54) is 12.1 Å². The molecule has 1 aliphatic rings. The molecule has 3 N–H and O–H groups in total. The summed E-state index contributed by atoms with van der Waals surface area (Å²) in [6, 6.07) is 13.1. The number of hydrogen-bond acceptors (Lipinski definition) is 4. The third-order valence-corrected chi connectivity index (χ3v) is 5.29. The van der Waals surface area contributed by atoms with Crippen LogP contribution in [-0.4, -0.2) is 52.1 Å². The van der Waals surface area contributed by atoms with Gasteiger partial charge in [0.05, 0.1) is 0 Å². The third kappa shape index (κ3) is 5.34. The van der Waals surface area contributed by atoms with Gasteiger partial charge in [0, 0.05) is 43.8 Å². The number of amides is 3. The van der Waals surface area contributed by atoms with Crippen molar-refractivity contribution in [2.75, 3.05) is 13.1 Å². The zero-order chi connectivity index (χ0) is 21.7. The van der Waals surface area contributed by atoms with Crippen LogP contribution in [0.4, 0.5) is 9.18 Å². The number of carbonyl (C=O) groups excluding carboxylic acids is 2. The predicted molar refractivity (Wildman–Crippen MR) is 110 cm³/mol. The minimum absolute atomic E-state index is 0.0145. The first-order chi connectivity index (χ1) is 14.4. The Bertz CT molecular complexity index is 878. The van der Waals surface area contributed by atoms with Gasteiger partial charge in [-0.25, -0.2) is 14.7 Å². The number of nitrogens with zero attached hydrogens (tertiary/aromatic N) is 2. The van der Waals surface area contributed by atoms with Gasteiger partial charge < -0.3 is 10.2 Å². The molecule has 8 heteroatoms. The van der Waals surface area contributed by atoms with Crippen molar-refractivity contribution in [1.29, 1.82) is 0 Å². The molecule has 0 unspecified atom stereocenters. The fourth-order valence-electron chi connectivity index (χ4n) is 3.96. The van der Waals surface area contributed by atoms with Gasteiger partial charge in [-0.05, 0) is 49.2 Å². The first-order valence-corrected chi connectivity index (χ1v) is 9.93. The number of benzene rings is 2. The summed E-state index contributed by atoms with van der Waals surface area (Å²) >= 11 is 0. The van der Waals surface area contributed by atoms with E-state index in [0.29, 0.717) is 12.1 Å². The lowest BCUT2D eigenvalue weighted by Gasteiger charge is -2.44. The molecule has 1 aliphatic heterocycles. The molecule has 3 rings (SSSR count). The largest absolute Gasteiger partial charge is 0.334 e. The van der Waals surface area contributed by atoms with Crippen LogP contribution in [0.15, 0.2) is 48.5 Å². The quantitative estimate of drug-likeness (QED) is 0.519. The summed E-state index contributed by atoms with van der Waals surface area (Å²) in [6.07, 6.45) is 0. The molecule has 1 fully saturated rings. The van der Waals surface area contributed by atoms with Gasteiger partial charge in [-0.3, -0.25) is 14.9 Å². The van der Waals surface area contributed by atoms with Gasteiger partial charge in [-0.15, -0.1) is 0 Å². The summed E-state index contributed by atoms with van der Waals surface area (Å²) in [5.74, 6) is -0.858. The van der Waals surface area contributed by atoms with E-state index in [9.17, 15) is 14.0 Å². The van der Waals surface area contributed by atoms with Crippen LogP contribution in [-0.2, 0) is 13.1 Å². The molecule has 160 valence electrons. The maximum atomic E-state index is 13.3. The molecular weight excluding hydrogens is 387 g/mol. The highest BCUT2D eigenvalue weighted by Crippen LogP contribution is 2.19. The lowest BCUT2D eigenvalue weighted by Crippen LogP contribution is -2.60. The van der Waals surface area contributed by atoms with E-state index in [4.69, 9.17) is 5.21 Å². The molecule has 0 aliphatic carbocycles. The summed E-state index contributed by atoms with van der Waals surface area (Å²) in [5.41, 5.74) is 3.78. The van der Waals surface area contributed by atoms with Crippen LogP contribution in [0.25, 0.3) is 0 Å². The number of rotatable bonds is 5. The third-order valence-electron chi connectivity index (χ3n) is 5.29. The highest BCUT2D eigenvalue weighted by molar-refractivity contribution is 5.93. The van der Waals surface area contributed by atoms with E-state index in [-0.39, 0.29) is 30.5 Å². The molecule has 0 radical (unpaired) electrons. The summed E-state index contributed by atoms with van der Waals surface area (Å²) in [5, 5.41) is 11.6. The molecule has 0 aromatic heterocycles. The lowest BCUT2D eigenvalue weighted by atomic mass is 10.1. The van der Waals surface area contributed by atoms with Gasteiger partial charge in [0.2, 0.25) is 0 Å². The molecule has 7 nitrogen and oxygen atoms in total. The number of carbonyl (C=O) groups is 2. The monoisotopic (exact) mass is 414 g/mol. The van der Waals surface area contributed by atoms with Crippen LogP contribution in [0.1, 0.15) is 35.3 Å². The smallest absolute Gasteiger partial charge is 0.318 e. The number of halogens is 1. The average molecular weight is 414 g/mol. The number of nitrogens with one attached hydrogen (secondary N) is 2. The van der Waals surface area contributed by atoms with Gasteiger partial charge in [0.25, 0.3) is 5.91 Å². The Morgan fingerprint density at radius 3 is 2.33 bits per heavy atom.